The number of fused-ring (bicyclic) bond motifs is 6. The second-order valence-corrected chi connectivity index (χ2v) is 12.0. The van der Waals surface area contributed by atoms with Crippen LogP contribution in [0.2, 0.25) is 0 Å². The molecule has 4 aliphatic rings. The van der Waals surface area contributed by atoms with Gasteiger partial charge in [0, 0.05) is 30.0 Å². The first-order chi connectivity index (χ1) is 18.5. The Labute approximate surface area is 225 Å². The van der Waals surface area contributed by atoms with Gasteiger partial charge >= 0.3 is 0 Å². The van der Waals surface area contributed by atoms with E-state index in [1.807, 2.05) is 18.2 Å². The average Bonchev–Trinajstić information content (AvgIpc) is 3.49. The fourth-order valence-corrected chi connectivity index (χ4v) is 8.08. The molecule has 38 heavy (non-hydrogen) atoms. The molecule has 0 aromatic heterocycles. The highest BCUT2D eigenvalue weighted by molar-refractivity contribution is 5.91. The van der Waals surface area contributed by atoms with E-state index in [1.54, 1.807) is 7.11 Å². The molecule has 0 radical (unpaired) electrons. The number of aryl methyl sites for hydroxylation is 1. The van der Waals surface area contributed by atoms with Crippen LogP contribution >= 0.6 is 0 Å². The Morgan fingerprint density at radius 1 is 1.08 bits per heavy atom. The van der Waals surface area contributed by atoms with Gasteiger partial charge < -0.3 is 19.5 Å². The van der Waals surface area contributed by atoms with Crippen LogP contribution in [0.25, 0.3) is 0 Å². The van der Waals surface area contributed by atoms with Gasteiger partial charge in [0.1, 0.15) is 11.5 Å². The third kappa shape index (κ3) is 4.56. The second-order valence-electron chi connectivity index (χ2n) is 12.0. The van der Waals surface area contributed by atoms with E-state index >= 15 is 0 Å². The summed E-state index contributed by atoms with van der Waals surface area (Å²) in [5.41, 5.74) is 3.52. The van der Waals surface area contributed by atoms with Gasteiger partial charge in [-0.2, -0.15) is 0 Å². The lowest BCUT2D eigenvalue weighted by atomic mass is 9.54. The van der Waals surface area contributed by atoms with E-state index in [2.05, 4.69) is 30.4 Å². The van der Waals surface area contributed by atoms with Crippen molar-refractivity contribution in [2.24, 2.45) is 23.2 Å². The normalized spacial score (nSPS) is 28.8. The number of ether oxygens (including phenoxy) is 3. The Morgan fingerprint density at radius 2 is 1.95 bits per heavy atom. The van der Waals surface area contributed by atoms with Gasteiger partial charge in [-0.15, -0.1) is 0 Å². The molecule has 2 aromatic carbocycles. The molecule has 1 N–H and O–H groups in total. The van der Waals surface area contributed by atoms with Crippen molar-refractivity contribution in [2.75, 3.05) is 19.2 Å². The van der Waals surface area contributed by atoms with Crippen LogP contribution in [-0.4, -0.2) is 25.6 Å². The summed E-state index contributed by atoms with van der Waals surface area (Å²) >= 11 is 0. The van der Waals surface area contributed by atoms with E-state index < -0.39 is 0 Å². The van der Waals surface area contributed by atoms with Crippen molar-refractivity contribution in [1.82, 2.24) is 0 Å². The number of methoxy groups -OCH3 is 1. The van der Waals surface area contributed by atoms with Crippen LogP contribution in [-0.2, 0) is 16.0 Å². The quantitative estimate of drug-likeness (QED) is 0.396. The van der Waals surface area contributed by atoms with Crippen molar-refractivity contribution in [2.45, 2.75) is 77.0 Å². The summed E-state index contributed by atoms with van der Waals surface area (Å²) in [6.07, 6.45) is 9.68. The highest BCUT2D eigenvalue weighted by atomic mass is 16.7. The Balaban J connectivity index is 1.03. The molecule has 3 aliphatic carbocycles. The zero-order valence-electron chi connectivity index (χ0n) is 22.6. The molecular weight excluding hydrogens is 478 g/mol. The van der Waals surface area contributed by atoms with E-state index in [0.717, 1.165) is 62.8 Å². The first kappa shape index (κ1) is 25.3. The topological polar surface area (TPSA) is 73.9 Å². The number of carbonyl (C=O) groups is 2. The number of rotatable bonds is 8. The van der Waals surface area contributed by atoms with Gasteiger partial charge in [-0.3, -0.25) is 9.59 Å². The molecule has 2 fully saturated rings. The van der Waals surface area contributed by atoms with Crippen LogP contribution in [0.1, 0.15) is 81.8 Å². The predicted molar refractivity (Wildman–Crippen MR) is 146 cm³/mol. The number of carbonyl (C=O) groups excluding carboxylic acids is 2. The smallest absolute Gasteiger partial charge is 0.231 e. The molecule has 5 atom stereocenters. The number of hydrogen-bond donors (Lipinski definition) is 1. The van der Waals surface area contributed by atoms with Crippen LogP contribution < -0.4 is 19.5 Å². The molecule has 0 saturated heterocycles. The third-order valence-electron chi connectivity index (χ3n) is 9.91. The van der Waals surface area contributed by atoms with Gasteiger partial charge in [0.15, 0.2) is 11.5 Å². The van der Waals surface area contributed by atoms with Gasteiger partial charge in [-0.25, -0.2) is 0 Å². The molecule has 0 spiro atoms. The minimum atomic E-state index is -0.152. The summed E-state index contributed by atoms with van der Waals surface area (Å²) in [4.78, 5) is 25.7. The van der Waals surface area contributed by atoms with E-state index in [9.17, 15) is 9.59 Å². The van der Waals surface area contributed by atoms with Gasteiger partial charge in [-0.05, 0) is 97.6 Å². The van der Waals surface area contributed by atoms with E-state index in [0.29, 0.717) is 47.4 Å². The Kier molecular flexibility index (Phi) is 6.83. The Morgan fingerprint density at radius 3 is 2.82 bits per heavy atom. The molecule has 1 aliphatic heterocycles. The van der Waals surface area contributed by atoms with E-state index in [1.165, 1.54) is 17.5 Å². The molecule has 202 valence electrons. The summed E-state index contributed by atoms with van der Waals surface area (Å²) in [5, 5.41) is 2.97. The van der Waals surface area contributed by atoms with Crippen LogP contribution in [0.4, 0.5) is 5.69 Å². The summed E-state index contributed by atoms with van der Waals surface area (Å²) in [6.45, 7) is 2.49. The van der Waals surface area contributed by atoms with Gasteiger partial charge in [-0.1, -0.05) is 25.8 Å². The molecule has 6 heteroatoms. The Hall–Kier alpha value is -3.02. The minimum Gasteiger partial charge on any atom is -0.497 e. The molecule has 1 amide bonds. The van der Waals surface area contributed by atoms with Crippen molar-refractivity contribution < 1.29 is 23.8 Å². The zero-order chi connectivity index (χ0) is 26.3. The van der Waals surface area contributed by atoms with Gasteiger partial charge in [0.2, 0.25) is 12.7 Å². The third-order valence-corrected chi connectivity index (χ3v) is 9.91. The van der Waals surface area contributed by atoms with Crippen molar-refractivity contribution >= 4 is 17.4 Å². The molecule has 2 saturated carbocycles. The number of amides is 1. The first-order valence-electron chi connectivity index (χ1n) is 14.4. The molecular formula is C32H39NO5. The van der Waals surface area contributed by atoms with Crippen LogP contribution in [0.5, 0.6) is 17.2 Å². The van der Waals surface area contributed by atoms with Crippen LogP contribution in [0.3, 0.4) is 0 Å². The lowest BCUT2D eigenvalue weighted by Crippen LogP contribution is -2.44. The van der Waals surface area contributed by atoms with Crippen molar-refractivity contribution in [1.29, 1.82) is 0 Å². The standard InChI is InChI=1S/C32H39NO5/c1-32-15-14-25-24-12-10-23(36-2)16-20(24)8-11-26(25)31(32)21(17-29(32)34)6-4-3-5-7-30(35)33-22-9-13-27-28(18-22)38-19-37-27/h9-10,12-13,16,18,21,25-26,31H,3-8,11,14-15,17,19H2,1-2H3,(H,33,35)/t21-,25-,26-,31+,32-/m1/s1. The van der Waals surface area contributed by atoms with Crippen LogP contribution in [0, 0.1) is 23.2 Å². The lowest BCUT2D eigenvalue weighted by Gasteiger charge is -2.50. The lowest BCUT2D eigenvalue weighted by molar-refractivity contribution is -0.129. The molecule has 6 rings (SSSR count). The van der Waals surface area contributed by atoms with Gasteiger partial charge in [0.25, 0.3) is 0 Å². The molecule has 1 heterocycles. The predicted octanol–water partition coefficient (Wildman–Crippen LogP) is 6.66. The maximum absolute atomic E-state index is 13.3. The number of anilines is 1. The number of Topliss-reactive ketones (excluding diaryl/α,β-unsaturated/α-hetero) is 1. The number of benzene rings is 2. The average molecular weight is 518 g/mol. The molecule has 2 aromatic rings. The summed E-state index contributed by atoms with van der Waals surface area (Å²) in [5.74, 6) is 4.98. The maximum atomic E-state index is 13.3. The number of unbranched alkanes of at least 4 members (excludes halogenated alkanes) is 2. The molecule has 0 unspecified atom stereocenters. The minimum absolute atomic E-state index is 0.0279. The molecule has 6 nitrogen and oxygen atoms in total. The fourth-order valence-electron chi connectivity index (χ4n) is 8.08. The monoisotopic (exact) mass is 517 g/mol. The summed E-state index contributed by atoms with van der Waals surface area (Å²) in [6, 6.07) is 12.1. The second kappa shape index (κ2) is 10.3. The number of hydrogen-bond acceptors (Lipinski definition) is 5. The van der Waals surface area contributed by atoms with Crippen molar-refractivity contribution in [3.63, 3.8) is 0 Å². The fraction of sp³-hybridized carbons (Fsp3) is 0.562. The summed E-state index contributed by atoms with van der Waals surface area (Å²) < 4.78 is 16.2. The van der Waals surface area contributed by atoms with Crippen LogP contribution in [0.15, 0.2) is 36.4 Å². The van der Waals surface area contributed by atoms with E-state index in [4.69, 9.17) is 14.2 Å². The van der Waals surface area contributed by atoms with Crippen molar-refractivity contribution in [3.05, 3.63) is 47.5 Å². The van der Waals surface area contributed by atoms with Crippen molar-refractivity contribution in [3.8, 4) is 17.2 Å². The number of nitrogens with one attached hydrogen (secondary N) is 1. The highest BCUT2D eigenvalue weighted by Gasteiger charge is 2.58. The van der Waals surface area contributed by atoms with Gasteiger partial charge in [0.05, 0.1) is 7.11 Å². The largest absolute Gasteiger partial charge is 0.497 e. The van der Waals surface area contributed by atoms with E-state index in [-0.39, 0.29) is 18.1 Å². The SMILES string of the molecule is COc1ccc2c(c1)CC[C@H]1[C@@H]3[C@H](CCCCCC(=O)Nc4ccc5c(c4)OCO5)CC(=O)[C@@]3(C)CC[C@H]21. The molecule has 0 bridgehead atoms. The Bertz CT molecular complexity index is 1220. The highest BCUT2D eigenvalue weighted by Crippen LogP contribution is 2.62. The number of ketones is 1. The maximum Gasteiger partial charge on any atom is 0.231 e. The summed E-state index contributed by atoms with van der Waals surface area (Å²) in [7, 11) is 1.74. The first-order valence-corrected chi connectivity index (χ1v) is 14.4. The zero-order valence-corrected chi connectivity index (χ0v) is 22.6.